The van der Waals surface area contributed by atoms with Crippen molar-refractivity contribution in [3.05, 3.63) is 47.5 Å². The minimum atomic E-state index is -1.01. The summed E-state index contributed by atoms with van der Waals surface area (Å²) in [6.45, 7) is 2.00. The van der Waals surface area contributed by atoms with Gasteiger partial charge >= 0.3 is 5.97 Å². The Morgan fingerprint density at radius 1 is 0.897 bits per heavy atom. The van der Waals surface area contributed by atoms with Crippen molar-refractivity contribution in [2.24, 2.45) is 0 Å². The van der Waals surface area contributed by atoms with Gasteiger partial charge in [-0.25, -0.2) is 0 Å². The van der Waals surface area contributed by atoms with Crippen LogP contribution in [0, 0.1) is 0 Å². The summed E-state index contributed by atoms with van der Waals surface area (Å²) < 4.78 is 33.3. The quantitative estimate of drug-likeness (QED) is 0.658. The zero-order chi connectivity index (χ0) is 21.0. The number of hydrogen-bond acceptors (Lipinski definition) is 7. The van der Waals surface area contributed by atoms with E-state index < -0.39 is 11.6 Å². The van der Waals surface area contributed by atoms with Crippen molar-refractivity contribution in [1.29, 1.82) is 0 Å². The number of rotatable bonds is 7. The molecule has 0 radical (unpaired) electrons. The predicted molar refractivity (Wildman–Crippen MR) is 106 cm³/mol. The number of hydrogen-bond donors (Lipinski definition) is 0. The van der Waals surface area contributed by atoms with Gasteiger partial charge in [0, 0.05) is 12.5 Å². The lowest BCUT2D eigenvalue weighted by atomic mass is 9.79. The highest BCUT2D eigenvalue weighted by Gasteiger charge is 2.50. The molecular formula is C22H26O7. The number of esters is 1. The van der Waals surface area contributed by atoms with Crippen LogP contribution in [0.2, 0.25) is 0 Å². The van der Waals surface area contributed by atoms with Crippen molar-refractivity contribution >= 4 is 5.97 Å². The Morgan fingerprint density at radius 3 is 2.07 bits per heavy atom. The molecule has 0 saturated carbocycles. The molecule has 3 rings (SSSR count). The number of benzene rings is 2. The lowest BCUT2D eigenvalue weighted by Crippen LogP contribution is -2.38. The van der Waals surface area contributed by atoms with Crippen LogP contribution >= 0.6 is 0 Å². The molecule has 2 atom stereocenters. The van der Waals surface area contributed by atoms with E-state index in [4.69, 9.17) is 28.4 Å². The number of carbonyl (C=O) groups is 1. The Kier molecular flexibility index (Phi) is 6.17. The van der Waals surface area contributed by atoms with Crippen LogP contribution in [0.1, 0.15) is 24.0 Å². The lowest BCUT2D eigenvalue weighted by molar-refractivity contribution is -0.160. The van der Waals surface area contributed by atoms with Crippen LogP contribution in [-0.2, 0) is 19.9 Å². The van der Waals surface area contributed by atoms with Crippen LogP contribution in [0.4, 0.5) is 0 Å². The van der Waals surface area contributed by atoms with Crippen molar-refractivity contribution in [3.63, 3.8) is 0 Å². The van der Waals surface area contributed by atoms with E-state index in [1.165, 1.54) is 6.92 Å². The molecule has 0 bridgehead atoms. The van der Waals surface area contributed by atoms with E-state index in [2.05, 4.69) is 0 Å². The molecule has 0 unspecified atom stereocenters. The molecule has 0 aliphatic carbocycles. The van der Waals surface area contributed by atoms with E-state index >= 15 is 0 Å². The highest BCUT2D eigenvalue weighted by molar-refractivity contribution is 5.67. The van der Waals surface area contributed by atoms with Crippen molar-refractivity contribution < 1.29 is 33.2 Å². The van der Waals surface area contributed by atoms with E-state index in [-0.39, 0.29) is 12.5 Å². The molecule has 7 heteroatoms. The topological polar surface area (TPSA) is 72.5 Å². The Hall–Kier alpha value is -2.93. The fourth-order valence-corrected chi connectivity index (χ4v) is 3.80. The Labute approximate surface area is 170 Å². The number of carbonyl (C=O) groups excluding carboxylic acids is 1. The van der Waals surface area contributed by atoms with Gasteiger partial charge < -0.3 is 28.4 Å². The summed E-state index contributed by atoms with van der Waals surface area (Å²) in [4.78, 5) is 12.1. The smallest absolute Gasteiger partial charge is 0.303 e. The standard InChI is InChI=1S/C22H26O7/c1-14(23)29-22(16-7-9-19(25-3)21(11-16)27-5)13-28-12-17(22)15-6-8-18(24-2)20(10-15)26-4/h6-11,17H,12-13H2,1-5H3/t17-,22+/m1/s1. The predicted octanol–water partition coefficient (Wildman–Crippen LogP) is 3.29. The van der Waals surface area contributed by atoms with Crippen molar-refractivity contribution in [1.82, 2.24) is 0 Å². The third kappa shape index (κ3) is 3.82. The van der Waals surface area contributed by atoms with Crippen molar-refractivity contribution in [3.8, 4) is 23.0 Å². The molecule has 0 N–H and O–H groups in total. The monoisotopic (exact) mass is 402 g/mol. The fourth-order valence-electron chi connectivity index (χ4n) is 3.80. The Balaban J connectivity index is 2.13. The average molecular weight is 402 g/mol. The van der Waals surface area contributed by atoms with Crippen molar-refractivity contribution in [2.75, 3.05) is 41.7 Å². The molecule has 2 aromatic carbocycles. The van der Waals surface area contributed by atoms with Gasteiger partial charge in [0.15, 0.2) is 28.6 Å². The number of ether oxygens (including phenoxy) is 6. The maximum absolute atomic E-state index is 12.1. The van der Waals surface area contributed by atoms with Crippen LogP contribution < -0.4 is 18.9 Å². The zero-order valence-corrected chi connectivity index (χ0v) is 17.3. The maximum Gasteiger partial charge on any atom is 0.303 e. The molecule has 1 fully saturated rings. The molecule has 0 amide bonds. The summed E-state index contributed by atoms with van der Waals surface area (Å²) >= 11 is 0. The van der Waals surface area contributed by atoms with Crippen LogP contribution in [-0.4, -0.2) is 47.6 Å². The molecule has 2 aromatic rings. The molecule has 0 spiro atoms. The molecule has 1 aliphatic rings. The van der Waals surface area contributed by atoms with E-state index in [1.54, 1.807) is 34.5 Å². The fraction of sp³-hybridized carbons (Fsp3) is 0.409. The highest BCUT2D eigenvalue weighted by Crippen LogP contribution is 2.48. The third-order valence-electron chi connectivity index (χ3n) is 5.17. The summed E-state index contributed by atoms with van der Waals surface area (Å²) in [6.07, 6.45) is 0. The molecule has 1 saturated heterocycles. The first-order valence-electron chi connectivity index (χ1n) is 9.20. The summed E-state index contributed by atoms with van der Waals surface area (Å²) in [5, 5.41) is 0. The van der Waals surface area contributed by atoms with Gasteiger partial charge in [-0.3, -0.25) is 4.79 Å². The first-order chi connectivity index (χ1) is 14.0. The van der Waals surface area contributed by atoms with Crippen LogP contribution in [0.15, 0.2) is 36.4 Å². The molecule has 29 heavy (non-hydrogen) atoms. The third-order valence-corrected chi connectivity index (χ3v) is 5.17. The van der Waals surface area contributed by atoms with Gasteiger partial charge in [0.25, 0.3) is 0 Å². The molecule has 156 valence electrons. The van der Waals surface area contributed by atoms with Gasteiger partial charge in [0.2, 0.25) is 0 Å². The van der Waals surface area contributed by atoms with Crippen molar-refractivity contribution in [2.45, 2.75) is 18.4 Å². The maximum atomic E-state index is 12.1. The second kappa shape index (κ2) is 8.61. The Bertz CT molecular complexity index is 879. The van der Waals surface area contributed by atoms with Crippen LogP contribution in [0.5, 0.6) is 23.0 Å². The summed E-state index contributed by atoms with van der Waals surface area (Å²) in [5.74, 6) is 1.73. The molecule has 7 nitrogen and oxygen atoms in total. The minimum absolute atomic E-state index is 0.223. The largest absolute Gasteiger partial charge is 0.493 e. The second-order valence-electron chi connectivity index (χ2n) is 6.74. The average Bonchev–Trinajstić information content (AvgIpc) is 3.16. The SMILES string of the molecule is COc1ccc([C@H]2COC[C@]2(OC(C)=O)c2ccc(OC)c(OC)c2)cc1OC. The van der Waals surface area contributed by atoms with Gasteiger partial charge in [0.05, 0.1) is 47.6 Å². The van der Waals surface area contributed by atoms with E-state index in [9.17, 15) is 4.79 Å². The highest BCUT2D eigenvalue weighted by atomic mass is 16.6. The lowest BCUT2D eigenvalue weighted by Gasteiger charge is -2.34. The second-order valence-corrected chi connectivity index (χ2v) is 6.74. The van der Waals surface area contributed by atoms with Gasteiger partial charge in [-0.15, -0.1) is 0 Å². The first kappa shape index (κ1) is 20.8. The normalized spacial score (nSPS) is 20.8. The van der Waals surface area contributed by atoms with Gasteiger partial charge in [-0.1, -0.05) is 12.1 Å². The van der Waals surface area contributed by atoms with Gasteiger partial charge in [0.1, 0.15) is 0 Å². The zero-order valence-electron chi connectivity index (χ0n) is 17.3. The molecule has 0 aromatic heterocycles. The van der Waals surface area contributed by atoms with Crippen LogP contribution in [0.25, 0.3) is 0 Å². The van der Waals surface area contributed by atoms with E-state index in [1.807, 2.05) is 30.3 Å². The summed E-state index contributed by atoms with van der Waals surface area (Å²) in [6, 6.07) is 11.1. The summed E-state index contributed by atoms with van der Waals surface area (Å²) in [5.41, 5.74) is 0.671. The van der Waals surface area contributed by atoms with E-state index in [0.717, 1.165) is 11.1 Å². The molecule has 1 aliphatic heterocycles. The Morgan fingerprint density at radius 2 is 1.48 bits per heavy atom. The molecule has 1 heterocycles. The molecular weight excluding hydrogens is 376 g/mol. The summed E-state index contributed by atoms with van der Waals surface area (Å²) in [7, 11) is 6.31. The van der Waals surface area contributed by atoms with Gasteiger partial charge in [-0.05, 0) is 29.8 Å². The number of methoxy groups -OCH3 is 4. The van der Waals surface area contributed by atoms with E-state index in [0.29, 0.717) is 29.6 Å². The minimum Gasteiger partial charge on any atom is -0.493 e. The first-order valence-corrected chi connectivity index (χ1v) is 9.20. The van der Waals surface area contributed by atoms with Gasteiger partial charge in [-0.2, -0.15) is 0 Å². The van der Waals surface area contributed by atoms with Crippen LogP contribution in [0.3, 0.4) is 0 Å².